The summed E-state index contributed by atoms with van der Waals surface area (Å²) in [7, 11) is 0. The van der Waals surface area contributed by atoms with Crippen LogP contribution in [0.3, 0.4) is 0 Å². The number of aromatic nitrogens is 2. The van der Waals surface area contributed by atoms with Crippen molar-refractivity contribution in [2.75, 3.05) is 13.1 Å². The Morgan fingerprint density at radius 2 is 1.96 bits per heavy atom. The van der Waals surface area contributed by atoms with Crippen molar-refractivity contribution in [2.24, 2.45) is 0 Å². The molecular weight excluding hydrogens is 347 g/mol. The first-order chi connectivity index (χ1) is 12.7. The van der Waals surface area contributed by atoms with Gasteiger partial charge in [0.15, 0.2) is 0 Å². The third-order valence-corrected chi connectivity index (χ3v) is 4.68. The molecule has 0 aliphatic carbocycles. The Morgan fingerprint density at radius 1 is 1.30 bits per heavy atom. The number of halogens is 1. The lowest BCUT2D eigenvalue weighted by Gasteiger charge is -2.29. The molecular formula is C20H23FN4O2. The van der Waals surface area contributed by atoms with Crippen molar-refractivity contribution in [3.63, 3.8) is 0 Å². The maximum atomic E-state index is 13.2. The Kier molecular flexibility index (Phi) is 4.87. The summed E-state index contributed by atoms with van der Waals surface area (Å²) >= 11 is 0. The number of hydrogen-bond acceptors (Lipinski definition) is 3. The number of carbonyl (C=O) groups excluding carboxylic acids is 2. The monoisotopic (exact) mass is 370 g/mol. The van der Waals surface area contributed by atoms with E-state index >= 15 is 0 Å². The minimum Gasteiger partial charge on any atom is -0.352 e. The van der Waals surface area contributed by atoms with Crippen molar-refractivity contribution in [1.82, 2.24) is 20.4 Å². The second-order valence-electron chi connectivity index (χ2n) is 7.29. The molecule has 0 fully saturated rings. The van der Waals surface area contributed by atoms with E-state index in [1.54, 1.807) is 6.20 Å². The van der Waals surface area contributed by atoms with Gasteiger partial charge in [0.25, 0.3) is 11.8 Å². The Morgan fingerprint density at radius 3 is 2.59 bits per heavy atom. The largest absolute Gasteiger partial charge is 0.352 e. The van der Waals surface area contributed by atoms with Gasteiger partial charge in [-0.3, -0.25) is 14.7 Å². The number of aromatic amines is 1. The number of aryl methyl sites for hydroxylation is 1. The topological polar surface area (TPSA) is 78.1 Å². The van der Waals surface area contributed by atoms with Gasteiger partial charge in [-0.1, -0.05) is 13.8 Å². The SMILES string of the molecule is CCNC(=O)C1=CN(C(=O)c2ccc(F)cc2)CC(C)(C)c2c(C)n[nH]c21. The first-order valence-electron chi connectivity index (χ1n) is 8.87. The summed E-state index contributed by atoms with van der Waals surface area (Å²) in [4.78, 5) is 27.2. The van der Waals surface area contributed by atoms with Crippen LogP contribution in [0.25, 0.3) is 5.57 Å². The molecule has 1 aliphatic rings. The Hall–Kier alpha value is -2.96. The number of nitrogens with one attached hydrogen (secondary N) is 2. The highest BCUT2D eigenvalue weighted by molar-refractivity contribution is 6.20. The van der Waals surface area contributed by atoms with E-state index < -0.39 is 11.2 Å². The van der Waals surface area contributed by atoms with Crippen molar-refractivity contribution in [1.29, 1.82) is 0 Å². The van der Waals surface area contributed by atoms with Crippen molar-refractivity contribution in [3.05, 3.63) is 58.8 Å². The van der Waals surface area contributed by atoms with Crippen LogP contribution in [0.4, 0.5) is 4.39 Å². The number of H-pyrrole nitrogens is 1. The van der Waals surface area contributed by atoms with E-state index in [9.17, 15) is 14.0 Å². The van der Waals surface area contributed by atoms with Gasteiger partial charge < -0.3 is 10.2 Å². The second-order valence-corrected chi connectivity index (χ2v) is 7.29. The van der Waals surface area contributed by atoms with Crippen LogP contribution in [0.1, 0.15) is 48.1 Å². The lowest BCUT2D eigenvalue weighted by atomic mass is 9.82. The smallest absolute Gasteiger partial charge is 0.257 e. The van der Waals surface area contributed by atoms with Gasteiger partial charge in [-0.15, -0.1) is 0 Å². The van der Waals surface area contributed by atoms with Crippen molar-refractivity contribution >= 4 is 17.4 Å². The first-order valence-corrected chi connectivity index (χ1v) is 8.87. The zero-order valence-corrected chi connectivity index (χ0v) is 15.9. The molecule has 7 heteroatoms. The molecule has 2 N–H and O–H groups in total. The number of nitrogens with zero attached hydrogens (tertiary/aromatic N) is 2. The number of benzene rings is 1. The van der Waals surface area contributed by atoms with Gasteiger partial charge in [-0.2, -0.15) is 5.10 Å². The van der Waals surface area contributed by atoms with E-state index in [-0.39, 0.29) is 11.8 Å². The van der Waals surface area contributed by atoms with E-state index in [1.807, 2.05) is 27.7 Å². The number of amides is 2. The molecule has 0 atom stereocenters. The van der Waals surface area contributed by atoms with E-state index in [0.29, 0.717) is 29.9 Å². The third-order valence-electron chi connectivity index (χ3n) is 4.68. The molecule has 1 aromatic carbocycles. The Labute approximate surface area is 157 Å². The van der Waals surface area contributed by atoms with Gasteiger partial charge in [0.1, 0.15) is 5.82 Å². The predicted octanol–water partition coefficient (Wildman–Crippen LogP) is 2.77. The third kappa shape index (κ3) is 3.49. The van der Waals surface area contributed by atoms with E-state index in [4.69, 9.17) is 0 Å². The van der Waals surface area contributed by atoms with Gasteiger partial charge in [0.2, 0.25) is 0 Å². The summed E-state index contributed by atoms with van der Waals surface area (Å²) in [6, 6.07) is 5.39. The molecule has 1 aliphatic heterocycles. The average molecular weight is 370 g/mol. The molecule has 142 valence electrons. The number of carbonyl (C=O) groups is 2. The normalized spacial score (nSPS) is 15.6. The van der Waals surface area contributed by atoms with Gasteiger partial charge in [0.05, 0.1) is 17.0 Å². The lowest BCUT2D eigenvalue weighted by molar-refractivity contribution is -0.115. The van der Waals surface area contributed by atoms with Crippen LogP contribution in [0, 0.1) is 12.7 Å². The second kappa shape index (κ2) is 6.98. The number of rotatable bonds is 3. The maximum Gasteiger partial charge on any atom is 0.257 e. The van der Waals surface area contributed by atoms with Crippen LogP contribution in [0.2, 0.25) is 0 Å². The minimum absolute atomic E-state index is 0.281. The summed E-state index contributed by atoms with van der Waals surface area (Å²) in [5.41, 5.74) is 2.61. The zero-order chi connectivity index (χ0) is 19.8. The lowest BCUT2D eigenvalue weighted by Crippen LogP contribution is -2.37. The van der Waals surface area contributed by atoms with Gasteiger partial charge in [-0.25, -0.2) is 4.39 Å². The summed E-state index contributed by atoms with van der Waals surface area (Å²) in [6.45, 7) is 8.55. The molecule has 2 amide bonds. The van der Waals surface area contributed by atoms with Crippen LogP contribution in [-0.2, 0) is 10.2 Å². The van der Waals surface area contributed by atoms with Crippen LogP contribution in [0.15, 0.2) is 30.5 Å². The highest BCUT2D eigenvalue weighted by Crippen LogP contribution is 2.36. The number of likely N-dealkylation sites (N-methyl/N-ethyl adjacent to an activating group) is 1. The molecule has 2 aromatic rings. The van der Waals surface area contributed by atoms with Gasteiger partial charge in [-0.05, 0) is 38.1 Å². The fourth-order valence-electron chi connectivity index (χ4n) is 3.54. The van der Waals surface area contributed by atoms with Crippen molar-refractivity contribution in [3.8, 4) is 0 Å². The van der Waals surface area contributed by atoms with Crippen molar-refractivity contribution < 1.29 is 14.0 Å². The summed E-state index contributed by atoms with van der Waals surface area (Å²) < 4.78 is 13.2. The number of fused-ring (bicyclic) bond motifs is 1. The minimum atomic E-state index is -0.438. The molecule has 0 saturated carbocycles. The van der Waals surface area contributed by atoms with Crippen LogP contribution >= 0.6 is 0 Å². The summed E-state index contributed by atoms with van der Waals surface area (Å²) in [6.07, 6.45) is 1.56. The zero-order valence-electron chi connectivity index (χ0n) is 15.9. The molecule has 3 rings (SSSR count). The maximum absolute atomic E-state index is 13.2. The van der Waals surface area contributed by atoms with Crippen molar-refractivity contribution in [2.45, 2.75) is 33.1 Å². The molecule has 6 nitrogen and oxygen atoms in total. The van der Waals surface area contributed by atoms with E-state index in [1.165, 1.54) is 29.2 Å². The highest BCUT2D eigenvalue weighted by atomic mass is 19.1. The molecule has 1 aromatic heterocycles. The standard InChI is InChI=1S/C20H23FN4O2/c1-5-22-18(26)15-10-25(19(27)13-6-8-14(21)9-7-13)11-20(3,4)16-12(2)23-24-17(15)16/h6-10H,5,11H2,1-4H3,(H,22,26)(H,23,24). The Balaban J connectivity index is 2.10. The molecule has 2 heterocycles. The molecule has 0 spiro atoms. The van der Waals surface area contributed by atoms with Crippen LogP contribution in [-0.4, -0.2) is 40.0 Å². The molecule has 27 heavy (non-hydrogen) atoms. The fraction of sp³-hybridized carbons (Fsp3) is 0.350. The van der Waals surface area contributed by atoms with Crippen LogP contribution in [0.5, 0.6) is 0 Å². The van der Waals surface area contributed by atoms with E-state index in [2.05, 4.69) is 15.5 Å². The number of hydrogen-bond donors (Lipinski definition) is 2. The van der Waals surface area contributed by atoms with E-state index in [0.717, 1.165) is 11.3 Å². The molecule has 0 unspecified atom stereocenters. The van der Waals surface area contributed by atoms with Gasteiger partial charge in [0, 0.05) is 35.8 Å². The first kappa shape index (κ1) is 18.8. The predicted molar refractivity (Wildman–Crippen MR) is 100 cm³/mol. The van der Waals surface area contributed by atoms with Gasteiger partial charge >= 0.3 is 0 Å². The van der Waals surface area contributed by atoms with Crippen LogP contribution < -0.4 is 5.32 Å². The molecule has 0 bridgehead atoms. The average Bonchev–Trinajstić information content (AvgIpc) is 2.95. The quantitative estimate of drug-likeness (QED) is 0.872. The summed E-state index contributed by atoms with van der Waals surface area (Å²) in [5, 5.41) is 10.0. The fourth-order valence-corrected chi connectivity index (χ4v) is 3.54. The molecule has 0 radical (unpaired) electrons. The Bertz CT molecular complexity index is 913. The molecule has 0 saturated heterocycles. The summed E-state index contributed by atoms with van der Waals surface area (Å²) in [5.74, 6) is -0.976. The highest BCUT2D eigenvalue weighted by Gasteiger charge is 2.37.